The van der Waals surface area contributed by atoms with E-state index in [9.17, 15) is 0 Å². The average molecular weight is 239 g/mol. The highest BCUT2D eigenvalue weighted by molar-refractivity contribution is 9.11. The van der Waals surface area contributed by atoms with Crippen molar-refractivity contribution in [2.45, 2.75) is 38.6 Å². The summed E-state index contributed by atoms with van der Waals surface area (Å²) in [6.45, 7) is 2.09. The topological polar surface area (TPSA) is 60.7 Å². The zero-order chi connectivity index (χ0) is 9.61. The lowest BCUT2D eigenvalue weighted by Crippen LogP contribution is -2.27. The van der Waals surface area contributed by atoms with E-state index in [1.807, 2.05) is 0 Å². The van der Waals surface area contributed by atoms with Gasteiger partial charge in [0.2, 0.25) is 0 Å². The van der Waals surface area contributed by atoms with Crippen LogP contribution in [0.1, 0.15) is 32.6 Å². The molecule has 72 valence electrons. The van der Waals surface area contributed by atoms with Crippen molar-refractivity contribution >= 4 is 15.9 Å². The molecule has 0 aromatic heterocycles. The van der Waals surface area contributed by atoms with E-state index in [1.165, 1.54) is 0 Å². The number of allylic oxidation sites excluding steroid dienone is 1. The quantitative estimate of drug-likeness (QED) is 0.503. The Morgan fingerprint density at radius 1 is 1.33 bits per heavy atom. The standard InChI is InChI=1S/C8H15BrO3/c1-2-3-4-5-6-7(9)8(10,11)12/h6,10-12H,2-5H2,1H3. The van der Waals surface area contributed by atoms with E-state index in [0.29, 0.717) is 0 Å². The van der Waals surface area contributed by atoms with Crippen molar-refractivity contribution in [2.24, 2.45) is 0 Å². The first-order chi connectivity index (χ1) is 5.48. The average Bonchev–Trinajstić information content (AvgIpc) is 1.96. The molecule has 3 nitrogen and oxygen atoms in total. The van der Waals surface area contributed by atoms with Gasteiger partial charge in [-0.25, -0.2) is 0 Å². The summed E-state index contributed by atoms with van der Waals surface area (Å²) in [5.74, 6) is -2.72. The van der Waals surface area contributed by atoms with Gasteiger partial charge in [0.05, 0.1) is 4.48 Å². The highest BCUT2D eigenvalue weighted by Crippen LogP contribution is 2.18. The third-order valence-corrected chi connectivity index (χ3v) is 2.31. The Morgan fingerprint density at radius 3 is 2.33 bits per heavy atom. The van der Waals surface area contributed by atoms with E-state index in [0.717, 1.165) is 25.7 Å². The second-order valence-corrected chi connectivity index (χ2v) is 3.54. The van der Waals surface area contributed by atoms with Crippen LogP contribution < -0.4 is 0 Å². The Bertz CT molecular complexity index is 149. The number of rotatable bonds is 5. The van der Waals surface area contributed by atoms with E-state index >= 15 is 0 Å². The Balaban J connectivity index is 3.70. The first kappa shape index (κ1) is 12.1. The maximum atomic E-state index is 8.64. The summed E-state index contributed by atoms with van der Waals surface area (Å²) in [6.07, 6.45) is 5.51. The van der Waals surface area contributed by atoms with E-state index in [1.54, 1.807) is 6.08 Å². The Labute approximate surface area is 80.9 Å². The molecule has 0 atom stereocenters. The molecule has 0 fully saturated rings. The molecule has 0 aliphatic carbocycles. The number of unbranched alkanes of at least 4 members (excludes halogenated alkanes) is 3. The first-order valence-corrected chi connectivity index (χ1v) is 4.81. The zero-order valence-electron chi connectivity index (χ0n) is 7.13. The summed E-state index contributed by atoms with van der Waals surface area (Å²) < 4.78 is 0.00565. The van der Waals surface area contributed by atoms with Crippen molar-refractivity contribution in [3.05, 3.63) is 10.6 Å². The summed E-state index contributed by atoms with van der Waals surface area (Å²) in [6, 6.07) is 0. The van der Waals surface area contributed by atoms with E-state index in [-0.39, 0.29) is 4.48 Å². The molecule has 0 heterocycles. The molecule has 0 aromatic carbocycles. The minimum Gasteiger partial charge on any atom is -0.339 e. The van der Waals surface area contributed by atoms with Crippen molar-refractivity contribution in [2.75, 3.05) is 0 Å². The van der Waals surface area contributed by atoms with E-state index in [4.69, 9.17) is 15.3 Å². The van der Waals surface area contributed by atoms with Crippen LogP contribution in [-0.4, -0.2) is 21.3 Å². The molecule has 0 aliphatic rings. The molecule has 4 heteroatoms. The minimum atomic E-state index is -2.72. The lowest BCUT2D eigenvalue weighted by atomic mass is 10.2. The van der Waals surface area contributed by atoms with Crippen molar-refractivity contribution in [1.29, 1.82) is 0 Å². The maximum absolute atomic E-state index is 8.64. The van der Waals surface area contributed by atoms with Gasteiger partial charge in [-0.2, -0.15) is 0 Å². The van der Waals surface area contributed by atoms with Gasteiger partial charge in [0.15, 0.2) is 0 Å². The molecule has 3 N–H and O–H groups in total. The lowest BCUT2D eigenvalue weighted by Gasteiger charge is -2.12. The van der Waals surface area contributed by atoms with Crippen LogP contribution in [0.2, 0.25) is 0 Å². The summed E-state index contributed by atoms with van der Waals surface area (Å²) in [5.41, 5.74) is 0. The van der Waals surface area contributed by atoms with Crippen LogP contribution in [0.3, 0.4) is 0 Å². The van der Waals surface area contributed by atoms with Crippen LogP contribution in [0.15, 0.2) is 10.6 Å². The van der Waals surface area contributed by atoms with Gasteiger partial charge in [-0.3, -0.25) is 0 Å². The van der Waals surface area contributed by atoms with Crippen molar-refractivity contribution in [3.8, 4) is 0 Å². The molecule has 12 heavy (non-hydrogen) atoms. The molecule has 0 aliphatic heterocycles. The summed E-state index contributed by atoms with van der Waals surface area (Å²) in [7, 11) is 0. The SMILES string of the molecule is CCCCCC=C(Br)C(O)(O)O. The number of halogens is 1. The van der Waals surface area contributed by atoms with Crippen LogP contribution in [0, 0.1) is 0 Å². The van der Waals surface area contributed by atoms with Crippen LogP contribution in [0.25, 0.3) is 0 Å². The molecule has 0 saturated carbocycles. The molecule has 0 spiro atoms. The van der Waals surface area contributed by atoms with Crippen LogP contribution in [0.5, 0.6) is 0 Å². The Morgan fingerprint density at radius 2 is 1.92 bits per heavy atom. The molecule has 0 saturated heterocycles. The summed E-state index contributed by atoms with van der Waals surface area (Å²) >= 11 is 2.86. The van der Waals surface area contributed by atoms with Crippen LogP contribution in [0.4, 0.5) is 0 Å². The van der Waals surface area contributed by atoms with Crippen molar-refractivity contribution < 1.29 is 15.3 Å². The van der Waals surface area contributed by atoms with Gasteiger partial charge in [-0.05, 0) is 28.8 Å². The Kier molecular flexibility index (Phi) is 5.74. The largest absolute Gasteiger partial charge is 0.339 e. The summed E-state index contributed by atoms with van der Waals surface area (Å²) in [5, 5.41) is 25.9. The smallest absolute Gasteiger partial charge is 0.310 e. The van der Waals surface area contributed by atoms with Gasteiger partial charge in [0, 0.05) is 0 Å². The third kappa shape index (κ3) is 5.71. The Hall–Kier alpha value is 0.1000. The first-order valence-electron chi connectivity index (χ1n) is 4.01. The van der Waals surface area contributed by atoms with Gasteiger partial charge in [0.1, 0.15) is 0 Å². The molecule has 0 rings (SSSR count). The second kappa shape index (κ2) is 5.70. The van der Waals surface area contributed by atoms with Crippen LogP contribution >= 0.6 is 15.9 Å². The maximum Gasteiger partial charge on any atom is 0.310 e. The molecule has 0 aromatic rings. The monoisotopic (exact) mass is 238 g/mol. The fourth-order valence-corrected chi connectivity index (χ4v) is 0.989. The van der Waals surface area contributed by atoms with Crippen molar-refractivity contribution in [3.63, 3.8) is 0 Å². The van der Waals surface area contributed by atoms with E-state index in [2.05, 4.69) is 22.9 Å². The lowest BCUT2D eigenvalue weighted by molar-refractivity contribution is -0.275. The fraction of sp³-hybridized carbons (Fsp3) is 0.750. The summed E-state index contributed by atoms with van der Waals surface area (Å²) in [4.78, 5) is 0. The predicted molar refractivity (Wildman–Crippen MR) is 50.5 cm³/mol. The highest BCUT2D eigenvalue weighted by atomic mass is 79.9. The molecular formula is C8H15BrO3. The van der Waals surface area contributed by atoms with Crippen molar-refractivity contribution in [1.82, 2.24) is 0 Å². The van der Waals surface area contributed by atoms with Gasteiger partial charge in [-0.1, -0.05) is 25.8 Å². The van der Waals surface area contributed by atoms with E-state index < -0.39 is 5.97 Å². The van der Waals surface area contributed by atoms with Gasteiger partial charge >= 0.3 is 5.97 Å². The second-order valence-electron chi connectivity index (χ2n) is 2.68. The molecule has 0 bridgehead atoms. The predicted octanol–water partition coefficient (Wildman–Crippen LogP) is 1.48. The fourth-order valence-electron chi connectivity index (χ4n) is 0.760. The molecule has 0 radical (unpaired) electrons. The highest BCUT2D eigenvalue weighted by Gasteiger charge is 2.21. The van der Waals surface area contributed by atoms with Gasteiger partial charge < -0.3 is 15.3 Å². The molecule has 0 amide bonds. The normalized spacial score (nSPS) is 13.6. The zero-order valence-corrected chi connectivity index (χ0v) is 8.71. The number of hydrogen-bond donors (Lipinski definition) is 3. The van der Waals surface area contributed by atoms with Crippen LogP contribution in [-0.2, 0) is 0 Å². The molecular weight excluding hydrogens is 224 g/mol. The van der Waals surface area contributed by atoms with Gasteiger partial charge in [0.25, 0.3) is 0 Å². The number of hydrogen-bond acceptors (Lipinski definition) is 3. The molecule has 0 unspecified atom stereocenters. The van der Waals surface area contributed by atoms with Gasteiger partial charge in [-0.15, -0.1) is 0 Å². The third-order valence-electron chi connectivity index (χ3n) is 1.45. The minimum absolute atomic E-state index is 0.00565. The number of aliphatic hydroxyl groups is 3.